The molecule has 7 heteroatoms. The molecule has 0 bridgehead atoms. The van der Waals surface area contributed by atoms with Crippen LogP contribution in [0.25, 0.3) is 0 Å². The number of hydrogen-bond acceptors (Lipinski definition) is 5. The summed E-state index contributed by atoms with van der Waals surface area (Å²) in [6.45, 7) is 0. The SMILES string of the molecule is NC(=O)C(O)C(O)c1cc(CC(=O)O)ccc1O. The summed E-state index contributed by atoms with van der Waals surface area (Å²) in [6, 6.07) is 3.72. The summed E-state index contributed by atoms with van der Waals surface area (Å²) in [6.07, 6.45) is -3.90. The van der Waals surface area contributed by atoms with Gasteiger partial charge in [0.05, 0.1) is 6.42 Å². The number of carbonyl (C=O) groups is 2. The molecule has 0 heterocycles. The highest BCUT2D eigenvalue weighted by Gasteiger charge is 2.26. The van der Waals surface area contributed by atoms with Gasteiger partial charge < -0.3 is 26.2 Å². The number of amides is 1. The molecule has 98 valence electrons. The Morgan fingerprint density at radius 3 is 2.39 bits per heavy atom. The molecular formula is C11H13NO6. The van der Waals surface area contributed by atoms with Crippen molar-refractivity contribution in [3.63, 3.8) is 0 Å². The van der Waals surface area contributed by atoms with Crippen LogP contribution in [0.3, 0.4) is 0 Å². The molecule has 1 rings (SSSR count). The van der Waals surface area contributed by atoms with Crippen LogP contribution in [0.2, 0.25) is 0 Å². The zero-order valence-electron chi connectivity index (χ0n) is 9.28. The predicted molar refractivity (Wildman–Crippen MR) is 59.6 cm³/mol. The van der Waals surface area contributed by atoms with Crippen LogP contribution in [-0.4, -0.2) is 38.4 Å². The first-order chi connectivity index (χ1) is 8.32. The molecule has 0 fully saturated rings. The number of phenols is 1. The van der Waals surface area contributed by atoms with Crippen LogP contribution in [-0.2, 0) is 16.0 Å². The van der Waals surface area contributed by atoms with Gasteiger partial charge in [-0.3, -0.25) is 9.59 Å². The highest BCUT2D eigenvalue weighted by Crippen LogP contribution is 2.27. The van der Waals surface area contributed by atoms with E-state index in [4.69, 9.17) is 10.8 Å². The Kier molecular flexibility index (Phi) is 4.24. The van der Waals surface area contributed by atoms with E-state index in [9.17, 15) is 24.9 Å². The molecule has 0 radical (unpaired) electrons. The molecule has 7 nitrogen and oxygen atoms in total. The maximum absolute atomic E-state index is 10.7. The van der Waals surface area contributed by atoms with Gasteiger partial charge in [-0.25, -0.2) is 0 Å². The van der Waals surface area contributed by atoms with Crippen LogP contribution in [0.15, 0.2) is 18.2 Å². The Labute approximate surface area is 102 Å². The zero-order chi connectivity index (χ0) is 13.9. The molecular weight excluding hydrogens is 242 g/mol. The van der Waals surface area contributed by atoms with Crippen molar-refractivity contribution in [3.8, 4) is 5.75 Å². The first-order valence-corrected chi connectivity index (χ1v) is 5.02. The van der Waals surface area contributed by atoms with Gasteiger partial charge in [0.2, 0.25) is 5.91 Å². The molecule has 1 aromatic rings. The average Bonchev–Trinajstić information content (AvgIpc) is 2.29. The van der Waals surface area contributed by atoms with E-state index in [2.05, 4.69) is 0 Å². The van der Waals surface area contributed by atoms with E-state index < -0.39 is 24.1 Å². The van der Waals surface area contributed by atoms with Crippen molar-refractivity contribution in [1.29, 1.82) is 0 Å². The van der Waals surface area contributed by atoms with Gasteiger partial charge in [0.15, 0.2) is 6.10 Å². The van der Waals surface area contributed by atoms with Crippen molar-refractivity contribution in [2.24, 2.45) is 5.73 Å². The lowest BCUT2D eigenvalue weighted by atomic mass is 9.99. The Morgan fingerprint density at radius 1 is 1.28 bits per heavy atom. The van der Waals surface area contributed by atoms with E-state index in [0.29, 0.717) is 5.56 Å². The van der Waals surface area contributed by atoms with Gasteiger partial charge in [-0.05, 0) is 17.7 Å². The summed E-state index contributed by atoms with van der Waals surface area (Å²) in [5.74, 6) is -2.60. The fraction of sp³-hybridized carbons (Fsp3) is 0.273. The minimum absolute atomic E-state index is 0.153. The van der Waals surface area contributed by atoms with E-state index in [1.54, 1.807) is 0 Å². The Morgan fingerprint density at radius 2 is 1.89 bits per heavy atom. The Bertz CT molecular complexity index is 473. The summed E-state index contributed by atoms with van der Waals surface area (Å²) >= 11 is 0. The van der Waals surface area contributed by atoms with Gasteiger partial charge >= 0.3 is 5.97 Å². The van der Waals surface area contributed by atoms with Crippen molar-refractivity contribution in [2.45, 2.75) is 18.6 Å². The van der Waals surface area contributed by atoms with Gasteiger partial charge in [-0.1, -0.05) is 6.07 Å². The number of phenolic OH excluding ortho intramolecular Hbond substituents is 1. The standard InChI is InChI=1S/C11H13NO6/c12-11(18)10(17)9(16)6-3-5(4-8(14)15)1-2-7(6)13/h1-3,9-10,13,16-17H,4H2,(H2,12,18)(H,14,15). The minimum atomic E-state index is -1.88. The topological polar surface area (TPSA) is 141 Å². The molecule has 0 aliphatic heterocycles. The number of carbonyl (C=O) groups excluding carboxylic acids is 1. The van der Waals surface area contributed by atoms with Crippen LogP contribution in [0.5, 0.6) is 5.75 Å². The quantitative estimate of drug-likeness (QED) is 0.452. The van der Waals surface area contributed by atoms with Crippen molar-refractivity contribution in [1.82, 2.24) is 0 Å². The maximum atomic E-state index is 10.7. The molecule has 18 heavy (non-hydrogen) atoms. The van der Waals surface area contributed by atoms with Crippen LogP contribution in [0, 0.1) is 0 Å². The second kappa shape index (κ2) is 5.48. The zero-order valence-corrected chi connectivity index (χ0v) is 9.28. The lowest BCUT2D eigenvalue weighted by molar-refractivity contribution is -0.136. The number of rotatable bonds is 5. The van der Waals surface area contributed by atoms with E-state index in [1.165, 1.54) is 18.2 Å². The highest BCUT2D eigenvalue weighted by atomic mass is 16.4. The second-order valence-electron chi connectivity index (χ2n) is 3.76. The number of aromatic hydroxyl groups is 1. The largest absolute Gasteiger partial charge is 0.508 e. The minimum Gasteiger partial charge on any atom is -0.508 e. The maximum Gasteiger partial charge on any atom is 0.307 e. The number of aliphatic hydroxyl groups excluding tert-OH is 2. The fourth-order valence-electron chi connectivity index (χ4n) is 1.45. The van der Waals surface area contributed by atoms with Crippen molar-refractivity contribution in [3.05, 3.63) is 29.3 Å². The Hall–Kier alpha value is -2.12. The lowest BCUT2D eigenvalue weighted by Gasteiger charge is -2.17. The summed E-state index contributed by atoms with van der Waals surface area (Å²) in [7, 11) is 0. The molecule has 0 aliphatic rings. The Balaban J connectivity index is 3.07. The highest BCUT2D eigenvalue weighted by molar-refractivity contribution is 5.79. The second-order valence-corrected chi connectivity index (χ2v) is 3.76. The summed E-state index contributed by atoms with van der Waals surface area (Å²) < 4.78 is 0. The van der Waals surface area contributed by atoms with E-state index >= 15 is 0 Å². The molecule has 0 aliphatic carbocycles. The third-order valence-electron chi connectivity index (χ3n) is 2.36. The van der Waals surface area contributed by atoms with E-state index in [1.807, 2.05) is 0 Å². The van der Waals surface area contributed by atoms with Crippen LogP contribution in [0.4, 0.5) is 0 Å². The molecule has 0 saturated heterocycles. The molecule has 1 amide bonds. The van der Waals surface area contributed by atoms with E-state index in [0.717, 1.165) is 0 Å². The van der Waals surface area contributed by atoms with Gasteiger partial charge in [-0.15, -0.1) is 0 Å². The van der Waals surface area contributed by atoms with E-state index in [-0.39, 0.29) is 17.7 Å². The number of aliphatic hydroxyl groups is 2. The summed E-state index contributed by atoms with van der Waals surface area (Å²) in [5, 5.41) is 37.0. The number of primary amides is 1. The molecule has 0 aromatic heterocycles. The number of benzene rings is 1. The van der Waals surface area contributed by atoms with Crippen LogP contribution < -0.4 is 5.73 Å². The molecule has 6 N–H and O–H groups in total. The van der Waals surface area contributed by atoms with Crippen LogP contribution in [0.1, 0.15) is 17.2 Å². The number of nitrogens with two attached hydrogens (primary N) is 1. The monoisotopic (exact) mass is 255 g/mol. The first kappa shape index (κ1) is 13.9. The molecule has 0 spiro atoms. The van der Waals surface area contributed by atoms with Gasteiger partial charge in [-0.2, -0.15) is 0 Å². The number of carboxylic acids is 1. The van der Waals surface area contributed by atoms with Crippen LogP contribution >= 0.6 is 0 Å². The van der Waals surface area contributed by atoms with Crippen molar-refractivity contribution >= 4 is 11.9 Å². The molecule has 0 saturated carbocycles. The van der Waals surface area contributed by atoms with Gasteiger partial charge in [0.1, 0.15) is 11.9 Å². The lowest BCUT2D eigenvalue weighted by Crippen LogP contribution is -2.33. The average molecular weight is 255 g/mol. The third-order valence-corrected chi connectivity index (χ3v) is 2.36. The summed E-state index contributed by atoms with van der Waals surface area (Å²) in [5.41, 5.74) is 4.98. The first-order valence-electron chi connectivity index (χ1n) is 5.02. The van der Waals surface area contributed by atoms with Gasteiger partial charge in [0, 0.05) is 5.56 Å². The van der Waals surface area contributed by atoms with Crippen molar-refractivity contribution in [2.75, 3.05) is 0 Å². The predicted octanol–water partition coefficient (Wildman–Crippen LogP) is -1.10. The normalized spacial score (nSPS) is 13.9. The summed E-state index contributed by atoms with van der Waals surface area (Å²) in [4.78, 5) is 21.3. The molecule has 2 unspecified atom stereocenters. The smallest absolute Gasteiger partial charge is 0.307 e. The molecule has 2 atom stereocenters. The number of hydrogen-bond donors (Lipinski definition) is 5. The fourth-order valence-corrected chi connectivity index (χ4v) is 1.45. The molecule has 1 aromatic carbocycles. The third kappa shape index (κ3) is 3.19. The number of carboxylic acid groups (broad SMARTS) is 1. The number of aliphatic carboxylic acids is 1. The van der Waals surface area contributed by atoms with Crippen molar-refractivity contribution < 1.29 is 30.0 Å². The van der Waals surface area contributed by atoms with Gasteiger partial charge in [0.25, 0.3) is 0 Å².